The number of nitrogens with one attached hydrogen (secondary N) is 1. The van der Waals surface area contributed by atoms with E-state index in [0.29, 0.717) is 18.2 Å². The van der Waals surface area contributed by atoms with Gasteiger partial charge < -0.3 is 5.11 Å². The molecule has 0 aliphatic heterocycles. The van der Waals surface area contributed by atoms with Crippen LogP contribution in [-0.2, 0) is 14.8 Å². The number of hydrogen-bond acceptors (Lipinski definition) is 3. The van der Waals surface area contributed by atoms with Crippen LogP contribution >= 0.6 is 23.2 Å². The van der Waals surface area contributed by atoms with Gasteiger partial charge in [0.1, 0.15) is 11.6 Å². The smallest absolute Gasteiger partial charge is 0.312 e. The summed E-state index contributed by atoms with van der Waals surface area (Å²) in [6.45, 7) is -0.572. The Morgan fingerprint density at radius 1 is 1.12 bits per heavy atom. The third-order valence-electron chi connectivity index (χ3n) is 3.26. The van der Waals surface area contributed by atoms with Crippen LogP contribution in [0.3, 0.4) is 0 Å². The maximum absolute atomic E-state index is 13.2. The molecule has 5 nitrogen and oxygen atoms in total. The minimum atomic E-state index is -4.33. The number of halogens is 4. The number of benzene rings is 2. The lowest BCUT2D eigenvalue weighted by Crippen LogP contribution is -2.32. The summed E-state index contributed by atoms with van der Waals surface area (Å²) in [6.07, 6.45) is 0. The van der Waals surface area contributed by atoms with E-state index in [9.17, 15) is 27.1 Å². The van der Waals surface area contributed by atoms with E-state index in [1.54, 1.807) is 0 Å². The average molecular weight is 410 g/mol. The topological polar surface area (TPSA) is 83.5 Å². The van der Waals surface area contributed by atoms with Crippen LogP contribution in [0.2, 0.25) is 10.0 Å². The molecule has 10 heteroatoms. The van der Waals surface area contributed by atoms with E-state index in [4.69, 9.17) is 23.2 Å². The van der Waals surface area contributed by atoms with Gasteiger partial charge in [-0.1, -0.05) is 29.3 Å². The zero-order chi connectivity index (χ0) is 18.8. The molecule has 1 atom stereocenters. The predicted octanol–water partition coefficient (Wildman–Crippen LogP) is 3.42. The highest BCUT2D eigenvalue weighted by Crippen LogP contribution is 2.28. The molecule has 0 radical (unpaired) electrons. The molecule has 2 N–H and O–H groups in total. The zero-order valence-electron chi connectivity index (χ0n) is 12.3. The molecule has 0 bridgehead atoms. The average Bonchev–Trinajstić information content (AvgIpc) is 2.48. The first-order chi connectivity index (χ1) is 11.6. The maximum atomic E-state index is 13.2. The minimum Gasteiger partial charge on any atom is -0.481 e. The number of rotatable bonds is 6. The molecular formula is C15H11Cl2F2NO4S. The van der Waals surface area contributed by atoms with E-state index in [1.807, 2.05) is 4.72 Å². The Morgan fingerprint density at radius 3 is 2.24 bits per heavy atom. The number of sulfonamides is 1. The van der Waals surface area contributed by atoms with E-state index in [-0.39, 0.29) is 15.6 Å². The van der Waals surface area contributed by atoms with Crippen LogP contribution in [0.4, 0.5) is 8.78 Å². The summed E-state index contributed by atoms with van der Waals surface area (Å²) in [5.41, 5.74) is 0.145. The van der Waals surface area contributed by atoms with Crippen LogP contribution in [-0.4, -0.2) is 26.0 Å². The highest BCUT2D eigenvalue weighted by atomic mass is 35.5. The Hall–Kier alpha value is -1.74. The molecule has 2 rings (SSSR count). The highest BCUT2D eigenvalue weighted by molar-refractivity contribution is 7.89. The van der Waals surface area contributed by atoms with Crippen molar-refractivity contribution in [2.75, 3.05) is 6.54 Å². The van der Waals surface area contributed by atoms with Gasteiger partial charge in [-0.2, -0.15) is 0 Å². The fourth-order valence-corrected chi connectivity index (χ4v) is 3.70. The fourth-order valence-electron chi connectivity index (χ4n) is 2.07. The molecule has 134 valence electrons. The van der Waals surface area contributed by atoms with Crippen molar-refractivity contribution in [3.63, 3.8) is 0 Å². The van der Waals surface area contributed by atoms with Gasteiger partial charge in [0.2, 0.25) is 10.0 Å². The summed E-state index contributed by atoms with van der Waals surface area (Å²) >= 11 is 11.7. The highest BCUT2D eigenvalue weighted by Gasteiger charge is 2.26. The van der Waals surface area contributed by atoms with Crippen molar-refractivity contribution in [1.82, 2.24) is 4.72 Å². The third-order valence-corrected chi connectivity index (χ3v) is 5.23. The summed E-state index contributed by atoms with van der Waals surface area (Å²) in [5.74, 6) is -4.80. The van der Waals surface area contributed by atoms with Crippen LogP contribution in [0.5, 0.6) is 0 Å². The monoisotopic (exact) mass is 409 g/mol. The molecule has 0 fully saturated rings. The van der Waals surface area contributed by atoms with Crippen molar-refractivity contribution in [3.8, 4) is 0 Å². The summed E-state index contributed by atoms with van der Waals surface area (Å²) in [6, 6.07) is 5.86. The van der Waals surface area contributed by atoms with Crippen LogP contribution in [0.1, 0.15) is 11.5 Å². The molecule has 0 aliphatic rings. The Bertz CT molecular complexity index is 901. The molecule has 0 spiro atoms. The second-order valence-electron chi connectivity index (χ2n) is 5.01. The number of carboxylic acid groups (broad SMARTS) is 1. The Morgan fingerprint density at radius 2 is 1.72 bits per heavy atom. The SMILES string of the molecule is O=C(O)C(CNS(=O)(=O)c1cc(F)cc(F)c1)c1ccc(Cl)cc1Cl. The Balaban J connectivity index is 2.27. The summed E-state index contributed by atoms with van der Waals surface area (Å²) < 4.78 is 52.7. The first-order valence-corrected chi connectivity index (χ1v) is 8.97. The first-order valence-electron chi connectivity index (χ1n) is 6.73. The summed E-state index contributed by atoms with van der Waals surface area (Å²) in [4.78, 5) is 10.8. The van der Waals surface area contributed by atoms with Crippen molar-refractivity contribution >= 4 is 39.2 Å². The van der Waals surface area contributed by atoms with Gasteiger partial charge in [0.05, 0.1) is 10.8 Å². The van der Waals surface area contributed by atoms with Crippen molar-refractivity contribution in [1.29, 1.82) is 0 Å². The molecule has 0 amide bonds. The van der Waals surface area contributed by atoms with E-state index in [2.05, 4.69) is 0 Å². The molecule has 0 aromatic heterocycles. The maximum Gasteiger partial charge on any atom is 0.312 e. The molecule has 0 heterocycles. The summed E-state index contributed by atoms with van der Waals surface area (Å²) in [5, 5.41) is 9.67. The third kappa shape index (κ3) is 4.88. The fraction of sp³-hybridized carbons (Fsp3) is 0.133. The molecule has 0 saturated carbocycles. The number of aliphatic carboxylic acids is 1. The number of carbonyl (C=O) groups is 1. The van der Waals surface area contributed by atoms with E-state index >= 15 is 0 Å². The lowest BCUT2D eigenvalue weighted by molar-refractivity contribution is -0.138. The second kappa shape index (κ2) is 7.65. The second-order valence-corrected chi connectivity index (χ2v) is 7.62. The van der Waals surface area contributed by atoms with Crippen molar-refractivity contribution < 1.29 is 27.1 Å². The Kier molecular flexibility index (Phi) is 5.99. The standard InChI is InChI=1S/C15H11Cl2F2NO4S/c16-8-1-2-12(14(17)3-8)13(15(21)22)7-20-25(23,24)11-5-9(18)4-10(19)6-11/h1-6,13,20H,7H2,(H,21,22). The van der Waals surface area contributed by atoms with E-state index < -0.39 is 45.0 Å². The van der Waals surface area contributed by atoms with Crippen molar-refractivity contribution in [3.05, 3.63) is 63.6 Å². The van der Waals surface area contributed by atoms with Gasteiger partial charge in [0, 0.05) is 22.7 Å². The molecule has 2 aromatic carbocycles. The molecule has 0 aliphatic carbocycles. The van der Waals surface area contributed by atoms with Gasteiger partial charge in [-0.15, -0.1) is 0 Å². The quantitative estimate of drug-likeness (QED) is 0.765. The predicted molar refractivity (Wildman–Crippen MR) is 88.4 cm³/mol. The molecule has 0 saturated heterocycles. The van der Waals surface area contributed by atoms with Gasteiger partial charge in [-0.3, -0.25) is 4.79 Å². The van der Waals surface area contributed by atoms with Gasteiger partial charge in [0.25, 0.3) is 0 Å². The van der Waals surface area contributed by atoms with Gasteiger partial charge >= 0.3 is 5.97 Å². The molecule has 2 aromatic rings. The lowest BCUT2D eigenvalue weighted by atomic mass is 9.99. The van der Waals surface area contributed by atoms with Gasteiger partial charge in [-0.25, -0.2) is 21.9 Å². The van der Waals surface area contributed by atoms with Gasteiger partial charge in [0.15, 0.2) is 0 Å². The zero-order valence-corrected chi connectivity index (χ0v) is 14.7. The van der Waals surface area contributed by atoms with Crippen LogP contribution in [0.15, 0.2) is 41.3 Å². The van der Waals surface area contributed by atoms with Crippen molar-refractivity contribution in [2.24, 2.45) is 0 Å². The van der Waals surface area contributed by atoms with E-state index in [1.165, 1.54) is 18.2 Å². The number of carboxylic acids is 1. The molecule has 1 unspecified atom stereocenters. The normalized spacial score (nSPS) is 12.8. The van der Waals surface area contributed by atoms with Crippen LogP contribution < -0.4 is 4.72 Å². The first kappa shape index (κ1) is 19.6. The largest absolute Gasteiger partial charge is 0.481 e. The van der Waals surface area contributed by atoms with Crippen LogP contribution in [0, 0.1) is 11.6 Å². The van der Waals surface area contributed by atoms with Gasteiger partial charge in [-0.05, 0) is 29.8 Å². The van der Waals surface area contributed by atoms with E-state index in [0.717, 1.165) is 0 Å². The van der Waals surface area contributed by atoms with Crippen LogP contribution in [0.25, 0.3) is 0 Å². The summed E-state index contributed by atoms with van der Waals surface area (Å²) in [7, 11) is -4.33. The molecule has 25 heavy (non-hydrogen) atoms. The lowest BCUT2D eigenvalue weighted by Gasteiger charge is -2.16. The minimum absolute atomic E-state index is 0.0518. The molecular weight excluding hydrogens is 399 g/mol. The Labute approximate surface area is 152 Å². The van der Waals surface area contributed by atoms with Crippen molar-refractivity contribution in [2.45, 2.75) is 10.8 Å². The number of hydrogen-bond donors (Lipinski definition) is 2.